The molecule has 0 saturated carbocycles. The average molecular weight is 369 g/mol. The number of benzene rings is 2. The Bertz CT molecular complexity index is 1110. The van der Waals surface area contributed by atoms with Crippen molar-refractivity contribution in [3.05, 3.63) is 67.0 Å². The van der Waals surface area contributed by atoms with Gasteiger partial charge in [-0.05, 0) is 35.4 Å². The number of pyridine rings is 1. The molecule has 5 rings (SSSR count). The third-order valence-electron chi connectivity index (χ3n) is 5.39. The van der Waals surface area contributed by atoms with E-state index >= 15 is 0 Å². The van der Waals surface area contributed by atoms with E-state index in [1.807, 2.05) is 19.4 Å². The standard InChI is InChI=1S/C23H23N5/c1-27-16-18(15-25-27)22-10-9-21-20(3-2-4-23(21)26-22)17-5-7-19(8-6-17)28-13-11-24-12-14-28/h2-10,15-16,24H,11-14H2,1H3. The van der Waals surface area contributed by atoms with Crippen LogP contribution in [0.4, 0.5) is 5.69 Å². The largest absolute Gasteiger partial charge is 0.369 e. The highest BCUT2D eigenvalue weighted by Gasteiger charge is 2.11. The Labute approximate surface area is 164 Å². The van der Waals surface area contributed by atoms with Crippen LogP contribution in [-0.2, 0) is 7.05 Å². The van der Waals surface area contributed by atoms with Crippen molar-refractivity contribution < 1.29 is 0 Å². The Morgan fingerprint density at radius 3 is 2.46 bits per heavy atom. The summed E-state index contributed by atoms with van der Waals surface area (Å²) in [6, 6.07) is 19.5. The molecule has 0 bridgehead atoms. The Kier molecular flexibility index (Phi) is 4.29. The maximum atomic E-state index is 4.87. The molecule has 3 heterocycles. The van der Waals surface area contributed by atoms with Gasteiger partial charge in [-0.1, -0.05) is 30.3 Å². The summed E-state index contributed by atoms with van der Waals surface area (Å²) < 4.78 is 1.80. The SMILES string of the molecule is Cn1cc(-c2ccc3c(-c4ccc(N5CCNCC5)cc4)cccc3n2)cn1. The first-order valence-corrected chi connectivity index (χ1v) is 9.73. The molecule has 1 aliphatic heterocycles. The van der Waals surface area contributed by atoms with Crippen LogP contribution in [0.1, 0.15) is 0 Å². The Morgan fingerprint density at radius 2 is 1.71 bits per heavy atom. The molecule has 0 aliphatic carbocycles. The van der Waals surface area contributed by atoms with E-state index < -0.39 is 0 Å². The van der Waals surface area contributed by atoms with Crippen molar-refractivity contribution in [1.82, 2.24) is 20.1 Å². The Morgan fingerprint density at radius 1 is 0.893 bits per heavy atom. The number of nitrogens with one attached hydrogen (secondary N) is 1. The van der Waals surface area contributed by atoms with Crippen molar-refractivity contribution in [3.8, 4) is 22.4 Å². The first-order chi connectivity index (χ1) is 13.8. The second kappa shape index (κ2) is 7.09. The van der Waals surface area contributed by atoms with E-state index in [1.54, 1.807) is 4.68 Å². The molecular weight excluding hydrogens is 346 g/mol. The Balaban J connectivity index is 1.50. The summed E-state index contributed by atoms with van der Waals surface area (Å²) in [7, 11) is 1.92. The van der Waals surface area contributed by atoms with Gasteiger partial charge in [0.25, 0.3) is 0 Å². The van der Waals surface area contributed by atoms with Gasteiger partial charge in [0.1, 0.15) is 0 Å². The van der Waals surface area contributed by atoms with Crippen LogP contribution >= 0.6 is 0 Å². The molecule has 1 N–H and O–H groups in total. The van der Waals surface area contributed by atoms with Crippen molar-refractivity contribution in [2.24, 2.45) is 7.05 Å². The van der Waals surface area contributed by atoms with E-state index in [2.05, 4.69) is 69.9 Å². The summed E-state index contributed by atoms with van der Waals surface area (Å²) in [4.78, 5) is 7.30. The summed E-state index contributed by atoms with van der Waals surface area (Å²) in [6.45, 7) is 4.23. The number of rotatable bonds is 3. The van der Waals surface area contributed by atoms with Crippen LogP contribution in [0, 0.1) is 0 Å². The molecule has 0 spiro atoms. The zero-order valence-corrected chi connectivity index (χ0v) is 16.0. The number of fused-ring (bicyclic) bond motifs is 1. The van der Waals surface area contributed by atoms with Crippen LogP contribution in [0.25, 0.3) is 33.3 Å². The van der Waals surface area contributed by atoms with Crippen molar-refractivity contribution in [3.63, 3.8) is 0 Å². The minimum Gasteiger partial charge on any atom is -0.369 e. The van der Waals surface area contributed by atoms with E-state index in [0.29, 0.717) is 0 Å². The summed E-state index contributed by atoms with van der Waals surface area (Å²) in [5, 5.41) is 8.83. The van der Waals surface area contributed by atoms with Gasteiger partial charge in [0.05, 0.1) is 17.4 Å². The fraction of sp³-hybridized carbons (Fsp3) is 0.217. The predicted octanol–water partition coefficient (Wildman–Crippen LogP) is 3.71. The molecule has 2 aromatic heterocycles. The van der Waals surface area contributed by atoms with Crippen molar-refractivity contribution in [2.75, 3.05) is 31.1 Å². The van der Waals surface area contributed by atoms with Crippen molar-refractivity contribution in [2.45, 2.75) is 0 Å². The predicted molar refractivity (Wildman–Crippen MR) is 114 cm³/mol. The summed E-state index contributed by atoms with van der Waals surface area (Å²) >= 11 is 0. The number of nitrogens with zero attached hydrogens (tertiary/aromatic N) is 4. The second-order valence-corrected chi connectivity index (χ2v) is 7.26. The second-order valence-electron chi connectivity index (χ2n) is 7.26. The minimum absolute atomic E-state index is 0.951. The molecular formula is C23H23N5. The Hall–Kier alpha value is -3.18. The van der Waals surface area contributed by atoms with Crippen LogP contribution in [0.2, 0.25) is 0 Å². The van der Waals surface area contributed by atoms with Gasteiger partial charge in [0.2, 0.25) is 0 Å². The molecule has 5 nitrogen and oxygen atoms in total. The average Bonchev–Trinajstić information content (AvgIpc) is 3.20. The quantitative estimate of drug-likeness (QED) is 0.598. The van der Waals surface area contributed by atoms with Crippen LogP contribution in [0.3, 0.4) is 0 Å². The smallest absolute Gasteiger partial charge is 0.0741 e. The highest BCUT2D eigenvalue weighted by molar-refractivity contribution is 5.95. The summed E-state index contributed by atoms with van der Waals surface area (Å²) in [6.07, 6.45) is 3.85. The van der Waals surface area contributed by atoms with Crippen LogP contribution in [-0.4, -0.2) is 40.9 Å². The van der Waals surface area contributed by atoms with Crippen LogP contribution < -0.4 is 10.2 Å². The molecule has 0 atom stereocenters. The fourth-order valence-electron chi connectivity index (χ4n) is 3.90. The lowest BCUT2D eigenvalue weighted by Gasteiger charge is -2.29. The molecule has 2 aromatic carbocycles. The molecule has 1 saturated heterocycles. The highest BCUT2D eigenvalue weighted by Crippen LogP contribution is 2.31. The molecule has 0 radical (unpaired) electrons. The molecule has 4 aromatic rings. The van der Waals surface area contributed by atoms with Gasteiger partial charge in [-0.25, -0.2) is 4.98 Å². The molecule has 1 fully saturated rings. The molecule has 0 unspecified atom stereocenters. The zero-order valence-electron chi connectivity index (χ0n) is 16.0. The molecule has 28 heavy (non-hydrogen) atoms. The lowest BCUT2D eigenvalue weighted by Crippen LogP contribution is -2.43. The van der Waals surface area contributed by atoms with Crippen LogP contribution in [0.5, 0.6) is 0 Å². The van der Waals surface area contributed by atoms with Gasteiger partial charge in [-0.15, -0.1) is 0 Å². The van der Waals surface area contributed by atoms with Crippen molar-refractivity contribution >= 4 is 16.6 Å². The van der Waals surface area contributed by atoms with Gasteiger partial charge in [0, 0.05) is 56.1 Å². The first-order valence-electron chi connectivity index (χ1n) is 9.73. The normalized spacial score (nSPS) is 14.5. The lowest BCUT2D eigenvalue weighted by atomic mass is 9.99. The van der Waals surface area contributed by atoms with Crippen molar-refractivity contribution in [1.29, 1.82) is 0 Å². The third-order valence-corrected chi connectivity index (χ3v) is 5.39. The number of hydrogen-bond donors (Lipinski definition) is 1. The fourth-order valence-corrected chi connectivity index (χ4v) is 3.90. The summed E-state index contributed by atoms with van der Waals surface area (Å²) in [5.74, 6) is 0. The molecule has 5 heteroatoms. The first kappa shape index (κ1) is 17.0. The van der Waals surface area contributed by atoms with E-state index in [9.17, 15) is 0 Å². The van der Waals surface area contributed by atoms with Gasteiger partial charge in [-0.3, -0.25) is 4.68 Å². The van der Waals surface area contributed by atoms with E-state index in [1.165, 1.54) is 22.2 Å². The van der Waals surface area contributed by atoms with Gasteiger partial charge >= 0.3 is 0 Å². The third kappa shape index (κ3) is 3.14. The van der Waals surface area contributed by atoms with Crippen LogP contribution in [0.15, 0.2) is 67.0 Å². The van der Waals surface area contributed by atoms with Gasteiger partial charge in [-0.2, -0.15) is 5.10 Å². The van der Waals surface area contributed by atoms with E-state index in [0.717, 1.165) is 43.0 Å². The topological polar surface area (TPSA) is 46.0 Å². The highest BCUT2D eigenvalue weighted by atomic mass is 15.2. The number of aryl methyl sites for hydroxylation is 1. The summed E-state index contributed by atoms with van der Waals surface area (Å²) in [5.41, 5.74) is 6.73. The number of hydrogen-bond acceptors (Lipinski definition) is 4. The number of aromatic nitrogens is 3. The maximum absolute atomic E-state index is 4.87. The van der Waals surface area contributed by atoms with Gasteiger partial charge < -0.3 is 10.2 Å². The van der Waals surface area contributed by atoms with E-state index in [-0.39, 0.29) is 0 Å². The number of piperazine rings is 1. The maximum Gasteiger partial charge on any atom is 0.0741 e. The lowest BCUT2D eigenvalue weighted by molar-refractivity contribution is 0.589. The minimum atomic E-state index is 0.951. The molecule has 140 valence electrons. The van der Waals surface area contributed by atoms with Gasteiger partial charge in [0.15, 0.2) is 0 Å². The molecule has 0 amide bonds. The number of anilines is 1. The zero-order chi connectivity index (χ0) is 18.9. The van der Waals surface area contributed by atoms with E-state index in [4.69, 9.17) is 4.98 Å². The monoisotopic (exact) mass is 369 g/mol. The molecule has 1 aliphatic rings.